The first-order valence-electron chi connectivity index (χ1n) is 5.66. The number of rotatable bonds is 3. The molecule has 1 unspecified atom stereocenters. The van der Waals surface area contributed by atoms with Gasteiger partial charge in [0.2, 0.25) is 0 Å². The molecule has 0 radical (unpaired) electrons. The Bertz CT molecular complexity index is 552. The average molecular weight is 281 g/mol. The summed E-state index contributed by atoms with van der Waals surface area (Å²) < 4.78 is 5.13. The zero-order valence-electron chi connectivity index (χ0n) is 10.3. The number of hydrogen-bond acceptors (Lipinski definition) is 1. The van der Waals surface area contributed by atoms with Gasteiger partial charge in [-0.3, -0.25) is 0 Å². The summed E-state index contributed by atoms with van der Waals surface area (Å²) in [5.74, 6) is 0.661. The smallest absolute Gasteiger partial charge is 0.137 e. The Morgan fingerprint density at radius 3 is 2.39 bits per heavy atom. The maximum absolute atomic E-state index is 6.47. The van der Waals surface area contributed by atoms with E-state index in [1.807, 2.05) is 43.3 Å². The van der Waals surface area contributed by atoms with Crippen molar-refractivity contribution in [2.24, 2.45) is 0 Å². The van der Waals surface area contributed by atoms with E-state index in [9.17, 15) is 0 Å². The third-order valence-corrected chi connectivity index (χ3v) is 3.60. The van der Waals surface area contributed by atoms with E-state index in [0.717, 1.165) is 11.1 Å². The second-order valence-corrected chi connectivity index (χ2v) is 5.01. The van der Waals surface area contributed by atoms with Crippen molar-refractivity contribution in [3.8, 4) is 5.75 Å². The highest BCUT2D eigenvalue weighted by Crippen LogP contribution is 2.34. The van der Waals surface area contributed by atoms with Crippen LogP contribution in [0.1, 0.15) is 22.1 Å². The number of halogens is 2. The van der Waals surface area contributed by atoms with Gasteiger partial charge < -0.3 is 4.74 Å². The summed E-state index contributed by atoms with van der Waals surface area (Å²) in [6.07, 6.45) is 0. The lowest BCUT2D eigenvalue weighted by Gasteiger charge is -2.12. The molecule has 0 spiro atoms. The van der Waals surface area contributed by atoms with Crippen molar-refractivity contribution in [3.05, 3.63) is 64.2 Å². The molecular formula is C15H14Cl2O. The molecule has 0 aliphatic rings. The highest BCUT2D eigenvalue weighted by Gasteiger charge is 2.12. The highest BCUT2D eigenvalue weighted by molar-refractivity contribution is 6.32. The molecule has 1 nitrogen and oxygen atoms in total. The maximum Gasteiger partial charge on any atom is 0.137 e. The fourth-order valence-electron chi connectivity index (χ4n) is 1.86. The molecule has 0 aromatic heterocycles. The third kappa shape index (κ3) is 2.80. The Morgan fingerprint density at radius 1 is 1.06 bits per heavy atom. The van der Waals surface area contributed by atoms with E-state index in [4.69, 9.17) is 27.9 Å². The molecule has 0 aliphatic carbocycles. The van der Waals surface area contributed by atoms with E-state index in [1.165, 1.54) is 5.56 Å². The molecule has 2 rings (SSSR count). The molecule has 0 heterocycles. The normalized spacial score (nSPS) is 12.2. The predicted molar refractivity (Wildman–Crippen MR) is 76.9 cm³/mol. The zero-order valence-corrected chi connectivity index (χ0v) is 11.8. The monoisotopic (exact) mass is 280 g/mol. The van der Waals surface area contributed by atoms with Gasteiger partial charge in [-0.1, -0.05) is 47.5 Å². The van der Waals surface area contributed by atoms with Crippen molar-refractivity contribution in [2.75, 3.05) is 7.11 Å². The number of methoxy groups -OCH3 is 1. The van der Waals surface area contributed by atoms with Crippen LogP contribution in [-0.4, -0.2) is 7.11 Å². The molecule has 3 heteroatoms. The van der Waals surface area contributed by atoms with Crippen molar-refractivity contribution in [1.29, 1.82) is 0 Å². The topological polar surface area (TPSA) is 9.23 Å². The first-order chi connectivity index (χ1) is 8.61. The summed E-state index contributed by atoms with van der Waals surface area (Å²) in [7, 11) is 1.60. The van der Waals surface area contributed by atoms with E-state index in [0.29, 0.717) is 10.8 Å². The van der Waals surface area contributed by atoms with Gasteiger partial charge in [0.1, 0.15) is 5.75 Å². The Morgan fingerprint density at radius 2 is 1.78 bits per heavy atom. The van der Waals surface area contributed by atoms with Crippen molar-refractivity contribution in [3.63, 3.8) is 0 Å². The van der Waals surface area contributed by atoms with Gasteiger partial charge in [0.25, 0.3) is 0 Å². The van der Waals surface area contributed by atoms with E-state index < -0.39 is 0 Å². The minimum atomic E-state index is -0.201. The first-order valence-corrected chi connectivity index (χ1v) is 6.47. The number of benzene rings is 2. The fourth-order valence-corrected chi connectivity index (χ4v) is 2.40. The Labute approximate surface area is 117 Å². The summed E-state index contributed by atoms with van der Waals surface area (Å²) in [4.78, 5) is 0. The van der Waals surface area contributed by atoms with Crippen LogP contribution in [0.25, 0.3) is 0 Å². The molecule has 0 bridgehead atoms. The highest BCUT2D eigenvalue weighted by atomic mass is 35.5. The van der Waals surface area contributed by atoms with Crippen LogP contribution in [0, 0.1) is 6.92 Å². The van der Waals surface area contributed by atoms with Crippen LogP contribution < -0.4 is 4.74 Å². The van der Waals surface area contributed by atoms with Gasteiger partial charge in [-0.25, -0.2) is 0 Å². The molecule has 18 heavy (non-hydrogen) atoms. The minimum absolute atomic E-state index is 0.201. The van der Waals surface area contributed by atoms with Gasteiger partial charge in [-0.05, 0) is 30.2 Å². The van der Waals surface area contributed by atoms with Crippen LogP contribution >= 0.6 is 23.2 Å². The SMILES string of the molecule is COc1ccc(C(Cl)c2cccc(C)c2)cc1Cl. The predicted octanol–water partition coefficient (Wildman–Crippen LogP) is 4.99. The Hall–Kier alpha value is -1.18. The van der Waals surface area contributed by atoms with Gasteiger partial charge in [-0.15, -0.1) is 11.6 Å². The summed E-state index contributed by atoms with van der Waals surface area (Å²) in [5, 5.41) is 0.376. The molecular weight excluding hydrogens is 267 g/mol. The number of alkyl halides is 1. The molecule has 0 fully saturated rings. The third-order valence-electron chi connectivity index (χ3n) is 2.80. The van der Waals surface area contributed by atoms with Crippen LogP contribution in [0.2, 0.25) is 5.02 Å². The molecule has 2 aromatic carbocycles. The average Bonchev–Trinajstić information content (AvgIpc) is 2.37. The molecule has 0 amide bonds. The van der Waals surface area contributed by atoms with Crippen LogP contribution in [0.5, 0.6) is 5.75 Å². The second kappa shape index (κ2) is 5.64. The number of hydrogen-bond donors (Lipinski definition) is 0. The lowest BCUT2D eigenvalue weighted by molar-refractivity contribution is 0.415. The van der Waals surface area contributed by atoms with Gasteiger partial charge in [0.05, 0.1) is 17.5 Å². The van der Waals surface area contributed by atoms with Crippen molar-refractivity contribution >= 4 is 23.2 Å². The summed E-state index contributed by atoms with van der Waals surface area (Å²) in [5.41, 5.74) is 3.23. The van der Waals surface area contributed by atoms with Crippen molar-refractivity contribution in [1.82, 2.24) is 0 Å². The summed E-state index contributed by atoms with van der Waals surface area (Å²) >= 11 is 12.6. The molecule has 0 aliphatic heterocycles. The number of aryl methyl sites for hydroxylation is 1. The molecule has 94 valence electrons. The molecule has 2 aromatic rings. The van der Waals surface area contributed by atoms with Gasteiger partial charge >= 0.3 is 0 Å². The fraction of sp³-hybridized carbons (Fsp3) is 0.200. The van der Waals surface area contributed by atoms with Crippen LogP contribution in [-0.2, 0) is 0 Å². The van der Waals surface area contributed by atoms with Crippen LogP contribution in [0.3, 0.4) is 0 Å². The quantitative estimate of drug-likeness (QED) is 0.720. The van der Waals surface area contributed by atoms with E-state index in [2.05, 4.69) is 6.07 Å². The second-order valence-electron chi connectivity index (χ2n) is 4.17. The lowest BCUT2D eigenvalue weighted by atomic mass is 10.0. The van der Waals surface area contributed by atoms with Crippen molar-refractivity contribution in [2.45, 2.75) is 12.3 Å². The zero-order chi connectivity index (χ0) is 13.1. The van der Waals surface area contributed by atoms with E-state index >= 15 is 0 Å². The number of ether oxygens (including phenoxy) is 1. The van der Waals surface area contributed by atoms with Gasteiger partial charge in [0.15, 0.2) is 0 Å². The summed E-state index contributed by atoms with van der Waals surface area (Å²) in [6.45, 7) is 2.05. The van der Waals surface area contributed by atoms with E-state index in [1.54, 1.807) is 7.11 Å². The van der Waals surface area contributed by atoms with Crippen LogP contribution in [0.15, 0.2) is 42.5 Å². The summed E-state index contributed by atoms with van der Waals surface area (Å²) in [6, 6.07) is 13.8. The molecule has 1 atom stereocenters. The van der Waals surface area contributed by atoms with Gasteiger partial charge in [-0.2, -0.15) is 0 Å². The first kappa shape index (κ1) is 13.3. The van der Waals surface area contributed by atoms with Crippen LogP contribution in [0.4, 0.5) is 0 Å². The molecule has 0 saturated heterocycles. The largest absolute Gasteiger partial charge is 0.495 e. The van der Waals surface area contributed by atoms with Crippen molar-refractivity contribution < 1.29 is 4.74 Å². The lowest BCUT2D eigenvalue weighted by Crippen LogP contribution is -1.94. The standard InChI is InChI=1S/C15H14Cl2O/c1-10-4-3-5-11(8-10)15(17)12-6-7-14(18-2)13(16)9-12/h3-9,15H,1-2H3. The Balaban J connectivity index is 2.34. The van der Waals surface area contributed by atoms with E-state index in [-0.39, 0.29) is 5.38 Å². The minimum Gasteiger partial charge on any atom is -0.495 e. The van der Waals surface area contributed by atoms with Gasteiger partial charge in [0, 0.05) is 0 Å². The molecule has 0 saturated carbocycles. The maximum atomic E-state index is 6.47. The molecule has 0 N–H and O–H groups in total. The Kier molecular flexibility index (Phi) is 4.15.